The quantitative estimate of drug-likeness (QED) is 0.692. The van der Waals surface area contributed by atoms with Gasteiger partial charge in [0.15, 0.2) is 0 Å². The minimum atomic E-state index is -3.92. The zero-order valence-electron chi connectivity index (χ0n) is 9.33. The van der Waals surface area contributed by atoms with Crippen LogP contribution in [0.2, 0.25) is 0 Å². The van der Waals surface area contributed by atoms with Crippen LogP contribution in [0.1, 0.15) is 12.8 Å². The smallest absolute Gasteiger partial charge is 0.271 e. The average Bonchev–Trinajstić information content (AvgIpc) is 2.98. The van der Waals surface area contributed by atoms with Crippen LogP contribution in [0.5, 0.6) is 0 Å². The molecule has 1 fully saturated rings. The summed E-state index contributed by atoms with van der Waals surface area (Å²) in [6.45, 7) is 0. The first-order chi connectivity index (χ1) is 8.26. The number of hydrogen-bond donors (Lipinski definition) is 3. The summed E-state index contributed by atoms with van der Waals surface area (Å²) in [6.07, 6.45) is 1.66. The maximum Gasteiger partial charge on any atom is 0.296 e. The van der Waals surface area contributed by atoms with E-state index in [1.54, 1.807) is 0 Å². The number of nitrogens with two attached hydrogens (primary N) is 1. The van der Waals surface area contributed by atoms with E-state index >= 15 is 0 Å². The number of hydrogen-bond acceptors (Lipinski definition) is 4. The fourth-order valence-electron chi connectivity index (χ4n) is 1.38. The van der Waals surface area contributed by atoms with Crippen LogP contribution in [0.3, 0.4) is 0 Å². The maximum absolute atomic E-state index is 11.9. The maximum atomic E-state index is 11.9. The molecule has 1 aromatic carbocycles. The van der Waals surface area contributed by atoms with Gasteiger partial charge in [0.05, 0.1) is 10.6 Å². The molecule has 1 aromatic rings. The van der Waals surface area contributed by atoms with Crippen LogP contribution in [0.4, 0.5) is 5.69 Å². The zero-order chi connectivity index (χ0) is 13.4. The van der Waals surface area contributed by atoms with Gasteiger partial charge in [-0.05, 0) is 31.0 Å². The SMILES string of the molecule is NS(=O)(=O)Nc1cccc(S(=O)(=O)NC2CC2)c1. The Hall–Kier alpha value is -1.16. The predicted molar refractivity (Wildman–Crippen MR) is 66.5 cm³/mol. The molecule has 0 amide bonds. The van der Waals surface area contributed by atoms with Gasteiger partial charge in [0.25, 0.3) is 10.2 Å². The van der Waals surface area contributed by atoms with E-state index in [0.717, 1.165) is 12.8 Å². The molecule has 0 aliphatic heterocycles. The number of nitrogens with one attached hydrogen (secondary N) is 2. The minimum absolute atomic E-state index is 0.00282. The zero-order valence-corrected chi connectivity index (χ0v) is 11.0. The largest absolute Gasteiger partial charge is 0.296 e. The number of sulfonamides is 1. The first kappa shape index (κ1) is 13.3. The van der Waals surface area contributed by atoms with Crippen molar-refractivity contribution >= 4 is 25.9 Å². The molecule has 0 unspecified atom stereocenters. The van der Waals surface area contributed by atoms with Gasteiger partial charge in [-0.1, -0.05) is 6.07 Å². The first-order valence-electron chi connectivity index (χ1n) is 5.19. The van der Waals surface area contributed by atoms with Gasteiger partial charge in [-0.15, -0.1) is 0 Å². The molecule has 0 bridgehead atoms. The highest BCUT2D eigenvalue weighted by Crippen LogP contribution is 2.23. The van der Waals surface area contributed by atoms with Crippen LogP contribution < -0.4 is 14.6 Å². The molecule has 7 nitrogen and oxygen atoms in total. The van der Waals surface area contributed by atoms with Crippen LogP contribution in [0.25, 0.3) is 0 Å². The molecule has 0 saturated heterocycles. The molecule has 100 valence electrons. The molecule has 9 heteroatoms. The Morgan fingerprint density at radius 1 is 1.17 bits per heavy atom. The summed E-state index contributed by atoms with van der Waals surface area (Å²) < 4.78 is 50.0. The molecule has 1 aliphatic rings. The predicted octanol–water partition coefficient (Wildman–Crippen LogP) is -0.257. The second kappa shape index (κ2) is 4.50. The summed E-state index contributed by atoms with van der Waals surface area (Å²) in [7, 11) is -7.52. The molecule has 0 spiro atoms. The molecule has 1 saturated carbocycles. The van der Waals surface area contributed by atoms with Crippen molar-refractivity contribution in [3.05, 3.63) is 24.3 Å². The summed E-state index contributed by atoms with van der Waals surface area (Å²) in [5, 5.41) is 4.81. The highest BCUT2D eigenvalue weighted by molar-refractivity contribution is 7.90. The Bertz CT molecular complexity index is 650. The van der Waals surface area contributed by atoms with Crippen molar-refractivity contribution in [2.24, 2.45) is 5.14 Å². The Balaban J connectivity index is 2.26. The molecule has 0 atom stereocenters. The van der Waals surface area contributed by atoms with Gasteiger partial charge in [-0.2, -0.15) is 8.42 Å². The number of benzene rings is 1. The van der Waals surface area contributed by atoms with Gasteiger partial charge in [0.1, 0.15) is 0 Å². The molecule has 1 aliphatic carbocycles. The molecule has 18 heavy (non-hydrogen) atoms. The summed E-state index contributed by atoms with van der Waals surface area (Å²) in [5.74, 6) is 0. The van der Waals surface area contributed by atoms with Crippen molar-refractivity contribution in [3.8, 4) is 0 Å². The van der Waals surface area contributed by atoms with E-state index in [0.29, 0.717) is 0 Å². The van der Waals surface area contributed by atoms with Gasteiger partial charge < -0.3 is 0 Å². The lowest BCUT2D eigenvalue weighted by Crippen LogP contribution is -2.26. The standard InChI is InChI=1S/C9H13N3O4S2/c10-18(15,16)12-8-2-1-3-9(6-8)17(13,14)11-7-4-5-7/h1-3,6-7,11-12H,4-5H2,(H2,10,15,16). The number of rotatable bonds is 5. The fraction of sp³-hybridized carbons (Fsp3) is 0.333. The van der Waals surface area contributed by atoms with Gasteiger partial charge in [0.2, 0.25) is 10.0 Å². The third kappa shape index (κ3) is 3.67. The Kier molecular flexibility index (Phi) is 3.32. The van der Waals surface area contributed by atoms with Crippen molar-refractivity contribution in [1.29, 1.82) is 0 Å². The van der Waals surface area contributed by atoms with Gasteiger partial charge in [0, 0.05) is 6.04 Å². The van der Waals surface area contributed by atoms with E-state index in [4.69, 9.17) is 5.14 Å². The van der Waals surface area contributed by atoms with E-state index in [1.807, 2.05) is 4.72 Å². The molecule has 2 rings (SSSR count). The molecular weight excluding hydrogens is 278 g/mol. The number of anilines is 1. The Morgan fingerprint density at radius 3 is 2.39 bits per heavy atom. The van der Waals surface area contributed by atoms with Gasteiger partial charge >= 0.3 is 0 Å². The first-order valence-corrected chi connectivity index (χ1v) is 8.22. The topological polar surface area (TPSA) is 118 Å². The molecule has 0 heterocycles. The monoisotopic (exact) mass is 291 g/mol. The van der Waals surface area contributed by atoms with Crippen molar-refractivity contribution in [2.45, 2.75) is 23.8 Å². The molecule has 4 N–H and O–H groups in total. The fourth-order valence-corrected chi connectivity index (χ4v) is 3.19. The Labute approximate surface area is 106 Å². The van der Waals surface area contributed by atoms with E-state index in [9.17, 15) is 16.8 Å². The van der Waals surface area contributed by atoms with Crippen LogP contribution in [-0.4, -0.2) is 22.9 Å². The summed E-state index contributed by atoms with van der Waals surface area (Å²) >= 11 is 0. The van der Waals surface area contributed by atoms with Crippen molar-refractivity contribution < 1.29 is 16.8 Å². The summed E-state index contributed by atoms with van der Waals surface area (Å²) in [5.41, 5.74) is 0.108. The van der Waals surface area contributed by atoms with E-state index < -0.39 is 20.2 Å². The lowest BCUT2D eigenvalue weighted by molar-refractivity contribution is 0.581. The van der Waals surface area contributed by atoms with E-state index in [1.165, 1.54) is 24.3 Å². The third-order valence-electron chi connectivity index (χ3n) is 2.30. The van der Waals surface area contributed by atoms with Crippen LogP contribution >= 0.6 is 0 Å². The third-order valence-corrected chi connectivity index (χ3v) is 4.34. The van der Waals surface area contributed by atoms with Crippen molar-refractivity contribution in [3.63, 3.8) is 0 Å². The van der Waals surface area contributed by atoms with E-state index in [2.05, 4.69) is 4.72 Å². The second-order valence-corrected chi connectivity index (χ2v) is 7.08. The summed E-state index contributed by atoms with van der Waals surface area (Å²) in [6, 6.07) is 5.45. The van der Waals surface area contributed by atoms with E-state index in [-0.39, 0.29) is 16.6 Å². The van der Waals surface area contributed by atoms with Crippen molar-refractivity contribution in [1.82, 2.24) is 4.72 Å². The second-order valence-electron chi connectivity index (χ2n) is 4.07. The van der Waals surface area contributed by atoms with Crippen LogP contribution in [0, 0.1) is 0 Å². The average molecular weight is 291 g/mol. The summed E-state index contributed by atoms with van der Waals surface area (Å²) in [4.78, 5) is 0.00282. The molecule has 0 aromatic heterocycles. The molecule has 0 radical (unpaired) electrons. The molecular formula is C9H13N3O4S2. The highest BCUT2D eigenvalue weighted by Gasteiger charge is 2.28. The highest BCUT2D eigenvalue weighted by atomic mass is 32.2. The minimum Gasteiger partial charge on any atom is -0.271 e. The van der Waals surface area contributed by atoms with Crippen LogP contribution in [-0.2, 0) is 20.2 Å². The lowest BCUT2D eigenvalue weighted by Gasteiger charge is -2.08. The van der Waals surface area contributed by atoms with Gasteiger partial charge in [-0.25, -0.2) is 18.3 Å². The van der Waals surface area contributed by atoms with Gasteiger partial charge in [-0.3, -0.25) is 4.72 Å². The van der Waals surface area contributed by atoms with Crippen molar-refractivity contribution in [2.75, 3.05) is 4.72 Å². The lowest BCUT2D eigenvalue weighted by atomic mass is 10.3. The normalized spacial score (nSPS) is 16.5. The Morgan fingerprint density at radius 2 is 1.83 bits per heavy atom. The van der Waals surface area contributed by atoms with Crippen LogP contribution in [0.15, 0.2) is 29.2 Å².